The molecule has 1 spiro atoms. The van der Waals surface area contributed by atoms with Gasteiger partial charge in [0.25, 0.3) is 0 Å². The second-order valence-electron chi connectivity index (χ2n) is 7.45. The Hall–Kier alpha value is -0.990. The second-order valence-corrected chi connectivity index (χ2v) is 7.45. The first kappa shape index (κ1) is 14.6. The molecule has 2 heterocycles. The summed E-state index contributed by atoms with van der Waals surface area (Å²) in [7, 11) is 0. The van der Waals surface area contributed by atoms with E-state index in [4.69, 9.17) is 9.47 Å². The molecule has 0 aromatic heterocycles. The highest BCUT2D eigenvalue weighted by Gasteiger charge is 2.86. The van der Waals surface area contributed by atoms with Crippen LogP contribution in [0.3, 0.4) is 0 Å². The van der Waals surface area contributed by atoms with Crippen molar-refractivity contribution in [3.63, 3.8) is 0 Å². The maximum Gasteiger partial charge on any atom is 0.334 e. The molecule has 122 valence electrons. The Bertz CT molecular complexity index is 582. The summed E-state index contributed by atoms with van der Waals surface area (Å²) in [6.45, 7) is 6.64. The van der Waals surface area contributed by atoms with Gasteiger partial charge < -0.3 is 29.9 Å². The molecule has 7 nitrogen and oxygen atoms in total. The first-order valence-electron chi connectivity index (χ1n) is 7.44. The monoisotopic (exact) mass is 312 g/mol. The van der Waals surface area contributed by atoms with Crippen LogP contribution in [0.5, 0.6) is 0 Å². The number of carbonyl (C=O) groups is 1. The molecule has 22 heavy (non-hydrogen) atoms. The number of ether oxygens (including phenoxy) is 2. The minimum Gasteiger partial charge on any atom is -0.458 e. The van der Waals surface area contributed by atoms with Gasteiger partial charge in [-0.1, -0.05) is 6.58 Å². The smallest absolute Gasteiger partial charge is 0.334 e. The summed E-state index contributed by atoms with van der Waals surface area (Å²) in [5.41, 5.74) is -4.19. The first-order chi connectivity index (χ1) is 10.1. The molecule has 2 saturated heterocycles. The summed E-state index contributed by atoms with van der Waals surface area (Å²) >= 11 is 0. The molecule has 0 bridgehead atoms. The van der Waals surface area contributed by atoms with Crippen LogP contribution in [-0.4, -0.2) is 67.6 Å². The third kappa shape index (κ3) is 1.33. The van der Waals surface area contributed by atoms with Crippen molar-refractivity contribution in [1.82, 2.24) is 0 Å². The number of hydrogen-bond donors (Lipinski definition) is 4. The van der Waals surface area contributed by atoms with E-state index in [-0.39, 0.29) is 12.0 Å². The Labute approximate surface area is 127 Å². The molecule has 2 saturated carbocycles. The molecular formula is C15H20O7. The van der Waals surface area contributed by atoms with Crippen molar-refractivity contribution < 1.29 is 34.7 Å². The van der Waals surface area contributed by atoms with E-state index in [1.807, 2.05) is 0 Å². The van der Waals surface area contributed by atoms with Crippen LogP contribution in [0, 0.1) is 11.8 Å². The Balaban J connectivity index is 1.90. The van der Waals surface area contributed by atoms with Gasteiger partial charge in [0.05, 0.1) is 29.1 Å². The molecule has 0 radical (unpaired) electrons. The number of aliphatic hydroxyl groups is 4. The average molecular weight is 312 g/mol. The zero-order chi connectivity index (χ0) is 16.2. The lowest BCUT2D eigenvalue weighted by atomic mass is 9.73. The molecule has 1 unspecified atom stereocenters. The van der Waals surface area contributed by atoms with Gasteiger partial charge in [-0.05, 0) is 13.8 Å². The Morgan fingerprint density at radius 1 is 1.27 bits per heavy atom. The Kier molecular flexibility index (Phi) is 2.48. The molecule has 0 amide bonds. The van der Waals surface area contributed by atoms with E-state index in [0.29, 0.717) is 0 Å². The largest absolute Gasteiger partial charge is 0.458 e. The first-order valence-corrected chi connectivity index (χ1v) is 7.44. The van der Waals surface area contributed by atoms with Crippen molar-refractivity contribution in [3.05, 3.63) is 12.2 Å². The normalized spacial score (nSPS) is 62.8. The van der Waals surface area contributed by atoms with Gasteiger partial charge in [-0.2, -0.15) is 0 Å². The van der Waals surface area contributed by atoms with Gasteiger partial charge >= 0.3 is 5.97 Å². The maximum absolute atomic E-state index is 11.9. The fourth-order valence-corrected chi connectivity index (χ4v) is 5.02. The summed E-state index contributed by atoms with van der Waals surface area (Å²) in [6, 6.07) is 0. The van der Waals surface area contributed by atoms with Gasteiger partial charge in [-0.3, -0.25) is 0 Å². The van der Waals surface area contributed by atoms with Crippen LogP contribution < -0.4 is 0 Å². The molecule has 4 fully saturated rings. The van der Waals surface area contributed by atoms with E-state index in [2.05, 4.69) is 6.58 Å². The zero-order valence-corrected chi connectivity index (χ0v) is 12.4. The average Bonchev–Trinajstić information content (AvgIpc) is 3.02. The lowest BCUT2D eigenvalue weighted by Crippen LogP contribution is -2.56. The summed E-state index contributed by atoms with van der Waals surface area (Å²) in [6.07, 6.45) is -3.94. The number of aliphatic hydroxyl groups excluding tert-OH is 2. The van der Waals surface area contributed by atoms with Gasteiger partial charge in [-0.25, -0.2) is 4.79 Å². The van der Waals surface area contributed by atoms with E-state index >= 15 is 0 Å². The van der Waals surface area contributed by atoms with Crippen molar-refractivity contribution in [1.29, 1.82) is 0 Å². The number of rotatable bonds is 0. The van der Waals surface area contributed by atoms with Crippen LogP contribution in [0.2, 0.25) is 0 Å². The van der Waals surface area contributed by atoms with Crippen molar-refractivity contribution in [2.75, 3.05) is 0 Å². The number of fused-ring (bicyclic) bond motifs is 2. The fraction of sp³-hybridized carbons (Fsp3) is 0.800. The standard InChI is InChI=1S/C15H20O7/c1-5-7-6(16)4-13(2,19)15-9(8(7)21-12(5)18)14(3,20)10(17)11(15)22-15/h6-11,16-17,19-20H,1,4H2,2-3H3/t6-,7-,8+,9?,10+,11-,13-,14+,15+/m1/s1. The lowest BCUT2D eigenvalue weighted by Gasteiger charge is -2.40. The van der Waals surface area contributed by atoms with E-state index in [1.165, 1.54) is 13.8 Å². The minimum atomic E-state index is -1.61. The van der Waals surface area contributed by atoms with Crippen molar-refractivity contribution in [3.8, 4) is 0 Å². The van der Waals surface area contributed by atoms with E-state index in [1.54, 1.807) is 0 Å². The van der Waals surface area contributed by atoms with E-state index in [9.17, 15) is 25.2 Å². The number of carbonyl (C=O) groups excluding carboxylic acids is 1. The van der Waals surface area contributed by atoms with E-state index in [0.717, 1.165) is 0 Å². The molecule has 2 aliphatic carbocycles. The summed E-state index contributed by atoms with van der Waals surface area (Å²) < 4.78 is 11.0. The summed E-state index contributed by atoms with van der Waals surface area (Å²) in [5, 5.41) is 42.4. The van der Waals surface area contributed by atoms with E-state index < -0.39 is 59.0 Å². The van der Waals surface area contributed by atoms with Crippen LogP contribution in [0.15, 0.2) is 12.2 Å². The van der Waals surface area contributed by atoms with Gasteiger partial charge in [0, 0.05) is 12.0 Å². The topological polar surface area (TPSA) is 120 Å². The lowest BCUT2D eigenvalue weighted by molar-refractivity contribution is -0.178. The number of epoxide rings is 1. The molecule has 7 heteroatoms. The Morgan fingerprint density at radius 2 is 1.91 bits per heavy atom. The molecular weight excluding hydrogens is 292 g/mol. The van der Waals surface area contributed by atoms with Gasteiger partial charge in [0.15, 0.2) is 0 Å². The highest BCUT2D eigenvalue weighted by atomic mass is 16.7. The third-order valence-corrected chi connectivity index (χ3v) is 6.12. The second kappa shape index (κ2) is 3.73. The van der Waals surface area contributed by atoms with Gasteiger partial charge in [0.1, 0.15) is 23.9 Å². The molecule has 9 atom stereocenters. The maximum atomic E-state index is 11.9. The van der Waals surface area contributed by atoms with Crippen molar-refractivity contribution >= 4 is 5.97 Å². The zero-order valence-electron chi connectivity index (χ0n) is 12.4. The predicted octanol–water partition coefficient (Wildman–Crippen LogP) is -1.52. The predicted molar refractivity (Wildman–Crippen MR) is 71.5 cm³/mol. The van der Waals surface area contributed by atoms with Gasteiger partial charge in [0.2, 0.25) is 0 Å². The van der Waals surface area contributed by atoms with Crippen LogP contribution in [0.4, 0.5) is 0 Å². The summed E-state index contributed by atoms with van der Waals surface area (Å²) in [5.74, 6) is -2.20. The highest BCUT2D eigenvalue weighted by molar-refractivity contribution is 5.91. The minimum absolute atomic E-state index is 0.0559. The fourth-order valence-electron chi connectivity index (χ4n) is 5.02. The SMILES string of the molecule is C=C1C(=O)O[C@@H]2C3[C@](C)(O)[C@@H](O)[C@H]4O[C@@]34[C@](C)(O)C[C@@H](O)[C@@H]12. The molecule has 0 aromatic rings. The summed E-state index contributed by atoms with van der Waals surface area (Å²) in [4.78, 5) is 11.9. The molecule has 0 aromatic carbocycles. The van der Waals surface area contributed by atoms with Crippen molar-refractivity contribution in [2.24, 2.45) is 11.8 Å². The highest BCUT2D eigenvalue weighted by Crippen LogP contribution is 2.68. The molecule has 4 rings (SSSR count). The quantitative estimate of drug-likeness (QED) is 0.243. The number of hydrogen-bond acceptors (Lipinski definition) is 7. The third-order valence-electron chi connectivity index (χ3n) is 6.12. The molecule has 2 aliphatic heterocycles. The van der Waals surface area contributed by atoms with Crippen LogP contribution in [0.25, 0.3) is 0 Å². The Morgan fingerprint density at radius 3 is 2.55 bits per heavy atom. The van der Waals surface area contributed by atoms with Crippen LogP contribution in [0.1, 0.15) is 20.3 Å². The molecule has 4 aliphatic rings. The van der Waals surface area contributed by atoms with Crippen molar-refractivity contribution in [2.45, 2.75) is 61.5 Å². The van der Waals surface area contributed by atoms with Gasteiger partial charge in [-0.15, -0.1) is 0 Å². The molecule has 4 N–H and O–H groups in total. The number of esters is 1. The van der Waals surface area contributed by atoms with Crippen LogP contribution >= 0.6 is 0 Å². The van der Waals surface area contributed by atoms with Crippen LogP contribution in [-0.2, 0) is 14.3 Å².